The van der Waals surface area contributed by atoms with Gasteiger partial charge in [0.2, 0.25) is 11.8 Å². The number of piperidine rings is 1. The first kappa shape index (κ1) is 40.3. The summed E-state index contributed by atoms with van der Waals surface area (Å²) in [4.78, 5) is 32.8. The van der Waals surface area contributed by atoms with Gasteiger partial charge in [0.1, 0.15) is 36.1 Å². The summed E-state index contributed by atoms with van der Waals surface area (Å²) >= 11 is 7.01. The second-order valence-corrected chi connectivity index (χ2v) is 16.7. The topological polar surface area (TPSA) is 108 Å². The summed E-state index contributed by atoms with van der Waals surface area (Å²) in [7, 11) is 0. The van der Waals surface area contributed by atoms with Crippen LogP contribution in [0, 0.1) is 30.2 Å². The molecule has 1 spiro atoms. The molecule has 2 amide bonds. The molecule has 8 rings (SSSR count). The third-order valence-corrected chi connectivity index (χ3v) is 12.6. The molecule has 3 heterocycles. The van der Waals surface area contributed by atoms with Gasteiger partial charge in [-0.1, -0.05) is 41.9 Å². The number of ether oxygens (including phenoxy) is 3. The highest BCUT2D eigenvalue weighted by Crippen LogP contribution is 2.45. The highest BCUT2D eigenvalue weighted by molar-refractivity contribution is 6.32. The Labute approximate surface area is 349 Å². The number of rotatable bonds is 13. The third-order valence-electron chi connectivity index (χ3n) is 12.3. The van der Waals surface area contributed by atoms with Crippen molar-refractivity contribution in [2.45, 2.75) is 77.3 Å². The minimum absolute atomic E-state index is 0.101. The molecule has 1 aliphatic carbocycles. The van der Waals surface area contributed by atoms with Crippen LogP contribution in [-0.2, 0) is 29.2 Å². The van der Waals surface area contributed by atoms with Gasteiger partial charge in [-0.3, -0.25) is 19.8 Å². The van der Waals surface area contributed by atoms with Crippen LogP contribution in [0.4, 0.5) is 10.1 Å². The van der Waals surface area contributed by atoms with Crippen LogP contribution in [-0.4, -0.2) is 67.1 Å². The predicted octanol–water partition coefficient (Wildman–Crippen LogP) is 8.82. The molecular formula is C47H47ClFN5O5. The number of fused-ring (bicyclic) bond motifs is 1. The monoisotopic (exact) mass is 815 g/mol. The summed E-state index contributed by atoms with van der Waals surface area (Å²) in [5.74, 6) is 1.41. The van der Waals surface area contributed by atoms with Crippen molar-refractivity contribution in [2.75, 3.05) is 39.3 Å². The zero-order chi connectivity index (χ0) is 41.1. The maximum absolute atomic E-state index is 13.6. The van der Waals surface area contributed by atoms with Crippen molar-refractivity contribution >= 4 is 29.1 Å². The summed E-state index contributed by atoms with van der Waals surface area (Å²) < 4.78 is 33.0. The number of hydrogen-bond acceptors (Lipinski definition) is 8. The maximum Gasteiger partial charge on any atom is 0.234 e. The molecule has 0 radical (unpaired) electrons. The van der Waals surface area contributed by atoms with Gasteiger partial charge in [0.15, 0.2) is 5.69 Å². The summed E-state index contributed by atoms with van der Waals surface area (Å²) in [5.41, 5.74) is 7.14. The molecule has 4 aromatic carbocycles. The van der Waals surface area contributed by atoms with E-state index < -0.39 is 11.6 Å². The minimum Gasteiger partial charge on any atom is -0.493 e. The summed E-state index contributed by atoms with van der Waals surface area (Å²) in [6.07, 6.45) is 3.53. The normalized spacial score (nSPS) is 20.7. The minimum atomic E-state index is -0.726. The van der Waals surface area contributed by atoms with Crippen LogP contribution in [0.1, 0.15) is 78.0 Å². The molecule has 2 atom stereocenters. The largest absolute Gasteiger partial charge is 0.493 e. The zero-order valence-electron chi connectivity index (χ0n) is 33.2. The molecule has 0 saturated carbocycles. The van der Waals surface area contributed by atoms with Crippen LogP contribution < -0.4 is 19.5 Å². The summed E-state index contributed by atoms with van der Waals surface area (Å²) in [5, 5.41) is 12.5. The number of amides is 2. The van der Waals surface area contributed by atoms with Crippen molar-refractivity contribution in [1.29, 1.82) is 5.26 Å². The fourth-order valence-electron chi connectivity index (χ4n) is 9.13. The standard InChI is InChI=1S/C47H47ClFN5O5/c1-30-36(6-4-9-41(30)57-19-5-15-53-16-12-34(49)13-17-53)37-7-3-8-39-38(37)10-11-42(39)59-44-24-43(58-28-32-20-31(26-50)21-35(22-32)51-2)33(23-40(44)48)27-54-18-14-47(29-54)25-45(55)52-46(47)56/h3-4,6-9,20-24,34,42H,5,10-19,25,27-29H2,1H3,(H,52,55,56)/t42-,47?/m0/s1. The molecule has 4 aromatic rings. The fourth-order valence-corrected chi connectivity index (χ4v) is 9.36. The van der Waals surface area contributed by atoms with Gasteiger partial charge in [-0.25, -0.2) is 9.24 Å². The van der Waals surface area contributed by atoms with Crippen molar-refractivity contribution in [3.8, 4) is 34.4 Å². The third kappa shape index (κ3) is 8.79. The van der Waals surface area contributed by atoms with Gasteiger partial charge in [0, 0.05) is 56.3 Å². The van der Waals surface area contributed by atoms with Crippen LogP contribution in [0.15, 0.2) is 66.7 Å². The number of hydrogen-bond donors (Lipinski definition) is 1. The lowest BCUT2D eigenvalue weighted by Crippen LogP contribution is -2.35. The zero-order valence-corrected chi connectivity index (χ0v) is 34.0. The molecule has 1 N–H and O–H groups in total. The molecule has 59 heavy (non-hydrogen) atoms. The summed E-state index contributed by atoms with van der Waals surface area (Å²) in [6.45, 7) is 14.3. The first-order chi connectivity index (χ1) is 28.6. The quantitative estimate of drug-likeness (QED) is 0.0811. The smallest absolute Gasteiger partial charge is 0.234 e. The van der Waals surface area contributed by atoms with Gasteiger partial charge in [0.05, 0.1) is 29.7 Å². The van der Waals surface area contributed by atoms with E-state index in [1.165, 1.54) is 5.56 Å². The molecule has 3 fully saturated rings. The highest BCUT2D eigenvalue weighted by atomic mass is 35.5. The van der Waals surface area contributed by atoms with Crippen LogP contribution in [0.5, 0.6) is 17.2 Å². The Kier molecular flexibility index (Phi) is 11.9. The number of likely N-dealkylation sites (tertiary alicyclic amines) is 2. The number of carbonyl (C=O) groups is 2. The van der Waals surface area contributed by atoms with Crippen molar-refractivity contribution in [3.05, 3.63) is 117 Å². The Morgan fingerprint density at radius 1 is 0.983 bits per heavy atom. The Balaban J connectivity index is 1.01. The number of benzene rings is 4. The molecule has 0 aromatic heterocycles. The van der Waals surface area contributed by atoms with E-state index in [4.69, 9.17) is 32.4 Å². The first-order valence-electron chi connectivity index (χ1n) is 20.4. The van der Waals surface area contributed by atoms with Gasteiger partial charge in [-0.15, -0.1) is 0 Å². The number of imide groups is 1. The van der Waals surface area contributed by atoms with Crippen molar-refractivity contribution in [3.63, 3.8) is 0 Å². The van der Waals surface area contributed by atoms with Crippen molar-refractivity contribution in [2.24, 2.45) is 5.41 Å². The number of nitrogens with one attached hydrogen (secondary N) is 1. The number of nitriles is 1. The number of nitrogens with zero attached hydrogens (tertiary/aromatic N) is 4. The Morgan fingerprint density at radius 2 is 1.80 bits per heavy atom. The Hall–Kier alpha value is -5.46. The number of alkyl halides is 1. The summed E-state index contributed by atoms with van der Waals surface area (Å²) in [6, 6.07) is 23.3. The van der Waals surface area contributed by atoms with E-state index >= 15 is 0 Å². The lowest BCUT2D eigenvalue weighted by atomic mass is 9.85. The molecule has 3 saturated heterocycles. The van der Waals surface area contributed by atoms with Crippen molar-refractivity contribution in [1.82, 2.24) is 15.1 Å². The van der Waals surface area contributed by atoms with E-state index in [1.54, 1.807) is 18.2 Å². The van der Waals surface area contributed by atoms with Gasteiger partial charge >= 0.3 is 0 Å². The fraction of sp³-hybridized carbons (Fsp3) is 0.404. The van der Waals surface area contributed by atoms with E-state index in [-0.39, 0.29) is 30.9 Å². The maximum atomic E-state index is 13.6. The molecule has 1 unspecified atom stereocenters. The molecule has 3 aliphatic heterocycles. The average molecular weight is 816 g/mol. The number of halogens is 2. The van der Waals surface area contributed by atoms with Crippen LogP contribution in [0.25, 0.3) is 16.0 Å². The molecule has 4 aliphatic rings. The average Bonchev–Trinajstić information content (AvgIpc) is 3.93. The van der Waals surface area contributed by atoms with Crippen LogP contribution >= 0.6 is 11.6 Å². The van der Waals surface area contributed by atoms with E-state index in [0.717, 1.165) is 72.5 Å². The van der Waals surface area contributed by atoms with E-state index in [0.29, 0.717) is 78.8 Å². The lowest BCUT2D eigenvalue weighted by Gasteiger charge is -2.28. The molecule has 0 bridgehead atoms. The van der Waals surface area contributed by atoms with E-state index in [2.05, 4.69) is 57.2 Å². The second-order valence-electron chi connectivity index (χ2n) is 16.3. The van der Waals surface area contributed by atoms with Crippen LogP contribution in [0.2, 0.25) is 5.02 Å². The van der Waals surface area contributed by atoms with Gasteiger partial charge in [-0.05, 0) is 116 Å². The van der Waals surface area contributed by atoms with Crippen LogP contribution in [0.3, 0.4) is 0 Å². The molecular weight excluding hydrogens is 769 g/mol. The first-order valence-corrected chi connectivity index (χ1v) is 20.8. The van der Waals surface area contributed by atoms with Crippen molar-refractivity contribution < 1.29 is 28.2 Å². The van der Waals surface area contributed by atoms with E-state index in [1.807, 2.05) is 24.3 Å². The molecule has 12 heteroatoms. The predicted molar refractivity (Wildman–Crippen MR) is 222 cm³/mol. The molecule has 304 valence electrons. The SMILES string of the molecule is [C-]#[N+]c1cc(C#N)cc(COc2cc(O[C@H]3CCc4c(-c5cccc(OCCCN6CCC(F)CC6)c5C)cccc43)c(Cl)cc2CN2CCC3(CC(=O)NC3=O)C2)c1. The van der Waals surface area contributed by atoms with Gasteiger partial charge < -0.3 is 19.1 Å². The van der Waals surface area contributed by atoms with Gasteiger partial charge in [-0.2, -0.15) is 5.26 Å². The Morgan fingerprint density at radius 3 is 2.58 bits per heavy atom. The van der Waals surface area contributed by atoms with E-state index in [9.17, 15) is 19.2 Å². The number of carbonyl (C=O) groups excluding carboxylic acids is 2. The Bertz CT molecular complexity index is 2320. The highest BCUT2D eigenvalue weighted by Gasteiger charge is 2.50. The molecule has 10 nitrogen and oxygen atoms in total. The lowest BCUT2D eigenvalue weighted by molar-refractivity contribution is -0.128. The van der Waals surface area contributed by atoms with Gasteiger partial charge in [0.25, 0.3) is 0 Å². The second kappa shape index (κ2) is 17.4.